The van der Waals surface area contributed by atoms with E-state index >= 15 is 0 Å². The zero-order valence-electron chi connectivity index (χ0n) is 16.6. The van der Waals surface area contributed by atoms with Gasteiger partial charge < -0.3 is 15.2 Å². The van der Waals surface area contributed by atoms with Gasteiger partial charge in [0.05, 0.1) is 20.3 Å². The predicted octanol–water partition coefficient (Wildman–Crippen LogP) is 3.19. The highest BCUT2D eigenvalue weighted by molar-refractivity contribution is 5.44. The molecule has 0 radical (unpaired) electrons. The molecule has 0 spiro atoms. The van der Waals surface area contributed by atoms with Crippen LogP contribution in [0.4, 0.5) is 0 Å². The third-order valence-electron chi connectivity index (χ3n) is 5.42. The lowest BCUT2D eigenvalue weighted by Crippen LogP contribution is -2.20. The van der Waals surface area contributed by atoms with Gasteiger partial charge in [0.25, 0.3) is 0 Å². The van der Waals surface area contributed by atoms with Crippen molar-refractivity contribution < 1.29 is 9.47 Å². The molecule has 2 aromatic carbocycles. The summed E-state index contributed by atoms with van der Waals surface area (Å²) in [6.07, 6.45) is 2.58. The number of rotatable bonds is 6. The SMILES string of the molecule is COc1ccc([C@@H](N)Cc2nc(C)nn2C2Cc3ccccc3C2)cc1OC. The Kier molecular flexibility index (Phi) is 5.05. The Balaban J connectivity index is 1.56. The summed E-state index contributed by atoms with van der Waals surface area (Å²) in [5.74, 6) is 3.09. The highest BCUT2D eigenvalue weighted by atomic mass is 16.5. The monoisotopic (exact) mass is 378 g/mol. The van der Waals surface area contributed by atoms with Crippen LogP contribution in [0, 0.1) is 6.92 Å². The highest BCUT2D eigenvalue weighted by Gasteiger charge is 2.26. The van der Waals surface area contributed by atoms with Crippen molar-refractivity contribution in [1.29, 1.82) is 0 Å². The quantitative estimate of drug-likeness (QED) is 0.713. The van der Waals surface area contributed by atoms with Crippen LogP contribution >= 0.6 is 0 Å². The average molecular weight is 378 g/mol. The van der Waals surface area contributed by atoms with Crippen molar-refractivity contribution in [3.8, 4) is 11.5 Å². The molecule has 28 heavy (non-hydrogen) atoms. The second-order valence-electron chi connectivity index (χ2n) is 7.28. The molecule has 1 aliphatic rings. The van der Waals surface area contributed by atoms with Crippen LogP contribution in [0.5, 0.6) is 11.5 Å². The van der Waals surface area contributed by atoms with Crippen LogP contribution in [-0.4, -0.2) is 29.0 Å². The first-order chi connectivity index (χ1) is 13.6. The number of nitrogens with zero attached hydrogens (tertiary/aromatic N) is 3. The normalized spacial score (nSPS) is 14.7. The fourth-order valence-corrected chi connectivity index (χ4v) is 4.01. The Morgan fingerprint density at radius 2 is 1.75 bits per heavy atom. The lowest BCUT2D eigenvalue weighted by molar-refractivity contribution is 0.354. The minimum Gasteiger partial charge on any atom is -0.493 e. The van der Waals surface area contributed by atoms with Gasteiger partial charge in [-0.3, -0.25) is 0 Å². The van der Waals surface area contributed by atoms with E-state index in [1.807, 2.05) is 25.1 Å². The van der Waals surface area contributed by atoms with Gasteiger partial charge in [-0.25, -0.2) is 9.67 Å². The molecule has 0 saturated heterocycles. The van der Waals surface area contributed by atoms with E-state index in [9.17, 15) is 0 Å². The molecule has 0 aliphatic heterocycles. The third-order valence-corrected chi connectivity index (χ3v) is 5.42. The van der Waals surface area contributed by atoms with Gasteiger partial charge >= 0.3 is 0 Å². The van der Waals surface area contributed by atoms with E-state index < -0.39 is 0 Å². The lowest BCUT2D eigenvalue weighted by atomic mass is 10.0. The van der Waals surface area contributed by atoms with Crippen LogP contribution in [0.15, 0.2) is 42.5 Å². The van der Waals surface area contributed by atoms with Crippen molar-refractivity contribution in [2.45, 2.75) is 38.3 Å². The zero-order chi connectivity index (χ0) is 19.7. The Bertz CT molecular complexity index is 957. The summed E-state index contributed by atoms with van der Waals surface area (Å²) in [7, 11) is 3.26. The fourth-order valence-electron chi connectivity index (χ4n) is 4.01. The molecule has 0 fully saturated rings. The second-order valence-corrected chi connectivity index (χ2v) is 7.28. The summed E-state index contributed by atoms with van der Waals surface area (Å²) >= 11 is 0. The lowest BCUT2D eigenvalue weighted by Gasteiger charge is -2.17. The van der Waals surface area contributed by atoms with Crippen molar-refractivity contribution >= 4 is 0 Å². The summed E-state index contributed by atoms with van der Waals surface area (Å²) in [6.45, 7) is 1.93. The van der Waals surface area contributed by atoms with Crippen LogP contribution in [0.25, 0.3) is 0 Å². The molecule has 1 atom stereocenters. The van der Waals surface area contributed by atoms with Crippen LogP contribution in [0.1, 0.15) is 40.4 Å². The Morgan fingerprint density at radius 3 is 2.39 bits per heavy atom. The van der Waals surface area contributed by atoms with Gasteiger partial charge in [0, 0.05) is 12.5 Å². The number of methoxy groups -OCH3 is 2. The number of nitrogens with two attached hydrogens (primary N) is 1. The summed E-state index contributed by atoms with van der Waals surface area (Å²) < 4.78 is 12.8. The molecular weight excluding hydrogens is 352 g/mol. The second kappa shape index (κ2) is 7.64. The third kappa shape index (κ3) is 3.47. The number of ether oxygens (including phenoxy) is 2. The Hall–Kier alpha value is -2.86. The minimum atomic E-state index is -0.203. The molecule has 6 heteroatoms. The van der Waals surface area contributed by atoms with Crippen molar-refractivity contribution in [3.05, 3.63) is 70.8 Å². The minimum absolute atomic E-state index is 0.203. The number of fused-ring (bicyclic) bond motifs is 1. The van der Waals surface area contributed by atoms with Crippen LogP contribution in [0.3, 0.4) is 0 Å². The number of hydrogen-bond donors (Lipinski definition) is 1. The Labute approximate surface area is 165 Å². The molecule has 1 heterocycles. The molecule has 6 nitrogen and oxygen atoms in total. The van der Waals surface area contributed by atoms with Gasteiger partial charge in [0.2, 0.25) is 0 Å². The summed E-state index contributed by atoms with van der Waals surface area (Å²) in [5, 5.41) is 4.69. The molecule has 146 valence electrons. The maximum Gasteiger partial charge on any atom is 0.161 e. The van der Waals surface area contributed by atoms with Gasteiger partial charge in [-0.05, 0) is 48.6 Å². The summed E-state index contributed by atoms with van der Waals surface area (Å²) in [5.41, 5.74) is 10.3. The van der Waals surface area contributed by atoms with Crippen LogP contribution < -0.4 is 15.2 Å². The average Bonchev–Trinajstić information content (AvgIpc) is 3.30. The summed E-state index contributed by atoms with van der Waals surface area (Å²) in [6, 6.07) is 14.5. The van der Waals surface area contributed by atoms with Gasteiger partial charge in [-0.1, -0.05) is 30.3 Å². The molecule has 0 saturated carbocycles. The zero-order valence-corrected chi connectivity index (χ0v) is 16.6. The molecule has 1 aliphatic carbocycles. The van der Waals surface area contributed by atoms with E-state index in [1.54, 1.807) is 14.2 Å². The smallest absolute Gasteiger partial charge is 0.161 e. The van der Waals surface area contributed by atoms with E-state index in [2.05, 4.69) is 39.0 Å². The molecule has 1 aromatic heterocycles. The molecule has 3 aromatic rings. The first-order valence-corrected chi connectivity index (χ1v) is 9.55. The molecule has 0 amide bonds. The van der Waals surface area contributed by atoms with Crippen molar-refractivity contribution in [3.63, 3.8) is 0 Å². The number of aryl methyl sites for hydroxylation is 1. The summed E-state index contributed by atoms with van der Waals surface area (Å²) in [4.78, 5) is 4.68. The van der Waals surface area contributed by atoms with E-state index in [0.29, 0.717) is 24.0 Å². The highest BCUT2D eigenvalue weighted by Crippen LogP contribution is 2.32. The van der Waals surface area contributed by atoms with Gasteiger partial charge in [0.1, 0.15) is 11.6 Å². The number of aromatic nitrogens is 3. The van der Waals surface area contributed by atoms with Gasteiger partial charge in [-0.15, -0.1) is 0 Å². The predicted molar refractivity (Wildman–Crippen MR) is 108 cm³/mol. The molecule has 2 N–H and O–H groups in total. The molecular formula is C22H26N4O2. The van der Waals surface area contributed by atoms with Gasteiger partial charge in [-0.2, -0.15) is 5.10 Å². The Morgan fingerprint density at radius 1 is 1.07 bits per heavy atom. The van der Waals surface area contributed by atoms with E-state index in [4.69, 9.17) is 15.2 Å². The molecule has 0 bridgehead atoms. The first-order valence-electron chi connectivity index (χ1n) is 9.55. The first kappa shape index (κ1) is 18.5. The van der Waals surface area contributed by atoms with E-state index in [-0.39, 0.29) is 6.04 Å². The van der Waals surface area contributed by atoms with Gasteiger partial charge in [0.15, 0.2) is 11.5 Å². The maximum absolute atomic E-state index is 6.53. The topological polar surface area (TPSA) is 75.2 Å². The molecule has 0 unspecified atom stereocenters. The standard InChI is InChI=1S/C22H26N4O2/c1-14-24-22(13-19(23)17-8-9-20(27-2)21(12-17)28-3)26(25-14)18-10-15-6-4-5-7-16(15)11-18/h4-9,12,18-19H,10-11,13,23H2,1-3H3/t19-/m0/s1. The van der Waals surface area contributed by atoms with E-state index in [0.717, 1.165) is 30.1 Å². The van der Waals surface area contributed by atoms with Crippen LogP contribution in [-0.2, 0) is 19.3 Å². The van der Waals surface area contributed by atoms with Crippen molar-refractivity contribution in [2.24, 2.45) is 5.73 Å². The van der Waals surface area contributed by atoms with Crippen molar-refractivity contribution in [2.75, 3.05) is 14.2 Å². The van der Waals surface area contributed by atoms with Crippen molar-refractivity contribution in [1.82, 2.24) is 14.8 Å². The molecule has 4 rings (SSSR count). The van der Waals surface area contributed by atoms with E-state index in [1.165, 1.54) is 11.1 Å². The van der Waals surface area contributed by atoms with Crippen LogP contribution in [0.2, 0.25) is 0 Å². The number of benzene rings is 2. The maximum atomic E-state index is 6.53. The fraction of sp³-hybridized carbons (Fsp3) is 0.364. The number of hydrogen-bond acceptors (Lipinski definition) is 5. The largest absolute Gasteiger partial charge is 0.493 e.